The monoisotopic (exact) mass is 659 g/mol. The van der Waals surface area contributed by atoms with Gasteiger partial charge < -0.3 is 28.5 Å². The van der Waals surface area contributed by atoms with Crippen LogP contribution in [0.4, 0.5) is 0 Å². The summed E-state index contributed by atoms with van der Waals surface area (Å²) in [7, 11) is -2.87. The number of benzene rings is 2. The van der Waals surface area contributed by atoms with E-state index in [1.165, 1.54) is 64.9 Å². The summed E-state index contributed by atoms with van der Waals surface area (Å²) in [6.07, 6.45) is 17.4. The highest BCUT2D eigenvalue weighted by Gasteiger charge is 2.26. The largest absolute Gasteiger partial charge is 0.527 e. The molecule has 0 fully saturated rings. The first-order valence-corrected chi connectivity index (χ1v) is 18.5. The van der Waals surface area contributed by atoms with Crippen molar-refractivity contribution in [1.29, 1.82) is 0 Å². The topological polar surface area (TPSA) is 89.9 Å². The summed E-state index contributed by atoms with van der Waals surface area (Å²) in [6, 6.07) is 12.8. The van der Waals surface area contributed by atoms with Gasteiger partial charge >= 0.3 is 7.82 Å². The second-order valence-corrected chi connectivity index (χ2v) is 13.3. The molecule has 0 saturated heterocycles. The third kappa shape index (κ3) is 14.4. The zero-order chi connectivity index (χ0) is 33.0. The summed E-state index contributed by atoms with van der Waals surface area (Å²) in [5, 5.41) is 0. The van der Waals surface area contributed by atoms with Gasteiger partial charge in [-0.3, -0.25) is 9.42 Å². The van der Waals surface area contributed by atoms with Crippen LogP contribution in [0.3, 0.4) is 0 Å². The van der Waals surface area contributed by atoms with E-state index in [0.717, 1.165) is 36.3 Å². The predicted octanol–water partition coefficient (Wildman–Crippen LogP) is 9.00. The standard InChI is InChI=1S/C36H56N2O7P/c1-5-7-8-9-10-11-12-13-14-15-26-42-35-17-16-18-36(31(35)3)43-28-34(41-4)29-44-46(39,40)45-33-21-19-32(20-22-33)27-38-25-24-37(30-38)23-6-2/h16-22,24-25,30,34H,5-15,23,26-29H2,1-4H3,(H,39,40). The Morgan fingerprint density at radius 1 is 0.783 bits per heavy atom. The van der Waals surface area contributed by atoms with Crippen LogP contribution in [0, 0.1) is 13.6 Å². The van der Waals surface area contributed by atoms with Crippen molar-refractivity contribution in [2.75, 3.05) is 33.5 Å². The molecule has 1 aliphatic rings. The Balaban J connectivity index is 1.34. The van der Waals surface area contributed by atoms with Gasteiger partial charge in [0.05, 0.1) is 13.2 Å². The molecule has 46 heavy (non-hydrogen) atoms. The van der Waals surface area contributed by atoms with Crippen LogP contribution in [0.15, 0.2) is 54.9 Å². The number of rotatable bonds is 25. The minimum Gasteiger partial charge on any atom is -0.493 e. The van der Waals surface area contributed by atoms with Gasteiger partial charge in [-0.2, -0.15) is 0 Å². The number of phosphoric acid groups is 1. The summed E-state index contributed by atoms with van der Waals surface area (Å²) in [5.74, 6) is 1.72. The van der Waals surface area contributed by atoms with Gasteiger partial charge in [0.25, 0.3) is 0 Å². The van der Waals surface area contributed by atoms with Gasteiger partial charge in [0.1, 0.15) is 36.6 Å². The van der Waals surface area contributed by atoms with Crippen LogP contribution >= 0.6 is 7.82 Å². The summed E-state index contributed by atoms with van der Waals surface area (Å²) in [5.41, 5.74) is 1.95. The predicted molar refractivity (Wildman–Crippen MR) is 184 cm³/mol. The lowest BCUT2D eigenvalue weighted by molar-refractivity contribution is 0.0159. The zero-order valence-corrected chi connectivity index (χ0v) is 29.3. The summed E-state index contributed by atoms with van der Waals surface area (Å²) < 4.78 is 40.7. The zero-order valence-electron chi connectivity index (χ0n) is 28.4. The van der Waals surface area contributed by atoms with Gasteiger partial charge in [0, 0.05) is 38.2 Å². The Morgan fingerprint density at radius 3 is 2.07 bits per heavy atom. The summed E-state index contributed by atoms with van der Waals surface area (Å²) >= 11 is 0. The number of methoxy groups -OCH3 is 1. The number of nitrogens with zero attached hydrogens (tertiary/aromatic N) is 2. The molecule has 1 radical (unpaired) electrons. The summed E-state index contributed by atoms with van der Waals surface area (Å²) in [4.78, 5) is 14.6. The average Bonchev–Trinajstić information content (AvgIpc) is 3.48. The second-order valence-electron chi connectivity index (χ2n) is 11.9. The number of phosphoric ester groups is 1. The molecule has 3 rings (SSSR count). The fourth-order valence-electron chi connectivity index (χ4n) is 5.17. The van der Waals surface area contributed by atoms with Crippen molar-refractivity contribution in [3.8, 4) is 17.2 Å². The van der Waals surface area contributed by atoms with Crippen molar-refractivity contribution in [1.82, 2.24) is 9.80 Å². The van der Waals surface area contributed by atoms with E-state index in [1.807, 2.05) is 49.7 Å². The Morgan fingerprint density at radius 2 is 1.41 bits per heavy atom. The van der Waals surface area contributed by atoms with E-state index in [1.54, 1.807) is 12.1 Å². The highest BCUT2D eigenvalue weighted by molar-refractivity contribution is 7.47. The first-order chi connectivity index (χ1) is 22.3. The fraction of sp³-hybridized carbons (Fsp3) is 0.583. The third-order valence-electron chi connectivity index (χ3n) is 7.91. The molecule has 0 aliphatic carbocycles. The van der Waals surface area contributed by atoms with E-state index >= 15 is 0 Å². The highest BCUT2D eigenvalue weighted by Crippen LogP contribution is 2.44. The molecule has 9 nitrogen and oxygen atoms in total. The lowest BCUT2D eigenvalue weighted by Gasteiger charge is -2.20. The van der Waals surface area contributed by atoms with Crippen LogP contribution < -0.4 is 14.0 Å². The Bertz CT molecular complexity index is 1190. The maximum atomic E-state index is 12.7. The van der Waals surface area contributed by atoms with Crippen LogP contribution in [0.2, 0.25) is 0 Å². The first-order valence-electron chi connectivity index (χ1n) is 17.0. The molecule has 1 heterocycles. The van der Waals surface area contributed by atoms with Crippen molar-refractivity contribution < 1.29 is 32.7 Å². The van der Waals surface area contributed by atoms with Crippen molar-refractivity contribution in [2.24, 2.45) is 0 Å². The number of ether oxygens (including phenoxy) is 3. The molecule has 0 bridgehead atoms. The Labute approximate surface area is 277 Å². The molecule has 0 amide bonds. The minimum absolute atomic E-state index is 0.131. The van der Waals surface area contributed by atoms with Crippen LogP contribution in [0.25, 0.3) is 0 Å². The van der Waals surface area contributed by atoms with Gasteiger partial charge in [0.15, 0.2) is 0 Å². The van der Waals surface area contributed by atoms with Crippen molar-refractivity contribution in [3.05, 3.63) is 72.7 Å². The Hall–Kier alpha value is -2.71. The van der Waals surface area contributed by atoms with Gasteiger partial charge in [-0.1, -0.05) is 89.8 Å². The van der Waals surface area contributed by atoms with E-state index in [9.17, 15) is 9.46 Å². The van der Waals surface area contributed by atoms with Crippen molar-refractivity contribution >= 4 is 7.82 Å². The molecule has 257 valence electrons. The molecular weight excluding hydrogens is 603 g/mol. The van der Waals surface area contributed by atoms with E-state index < -0.39 is 13.9 Å². The van der Waals surface area contributed by atoms with Gasteiger partial charge in [-0.25, -0.2) is 4.57 Å². The van der Waals surface area contributed by atoms with Gasteiger partial charge in [-0.15, -0.1) is 0 Å². The SMILES string of the molecule is CCCCCCCCCCCCOc1cccc(OCC(COP(=O)(O)Oc2ccc(CN3[CH]N(CCC)C=C3)cc2)OC)c1C. The third-order valence-corrected chi connectivity index (χ3v) is 8.83. The molecule has 2 aromatic rings. The van der Waals surface area contributed by atoms with E-state index in [2.05, 4.69) is 30.3 Å². The molecule has 0 spiro atoms. The number of hydrogen-bond donors (Lipinski definition) is 1. The second kappa shape index (κ2) is 21.2. The van der Waals surface area contributed by atoms with Gasteiger partial charge in [-0.05, 0) is 49.6 Å². The smallest absolute Gasteiger partial charge is 0.493 e. The van der Waals surface area contributed by atoms with E-state index in [4.69, 9.17) is 23.3 Å². The van der Waals surface area contributed by atoms with Crippen LogP contribution in [0.5, 0.6) is 17.2 Å². The first kappa shape index (κ1) is 37.7. The average molecular weight is 660 g/mol. The molecular formula is C36H56N2O7P. The van der Waals surface area contributed by atoms with E-state index in [0.29, 0.717) is 18.9 Å². The molecule has 1 N–H and O–H groups in total. The quantitative estimate of drug-likeness (QED) is 0.0828. The molecule has 2 atom stereocenters. The molecule has 2 unspecified atom stereocenters. The molecule has 2 aromatic carbocycles. The highest BCUT2D eigenvalue weighted by atomic mass is 31.2. The maximum absolute atomic E-state index is 12.7. The normalized spacial score (nSPS) is 14.8. The van der Waals surface area contributed by atoms with Crippen LogP contribution in [-0.4, -0.2) is 54.3 Å². The van der Waals surface area contributed by atoms with Crippen molar-refractivity contribution in [3.63, 3.8) is 0 Å². The van der Waals surface area contributed by atoms with Crippen molar-refractivity contribution in [2.45, 2.75) is 104 Å². The van der Waals surface area contributed by atoms with Crippen LogP contribution in [0.1, 0.15) is 95.6 Å². The van der Waals surface area contributed by atoms with E-state index in [-0.39, 0.29) is 19.0 Å². The Kier molecular flexibility index (Phi) is 17.4. The lowest BCUT2D eigenvalue weighted by Crippen LogP contribution is -2.26. The minimum atomic E-state index is -4.38. The molecule has 1 aliphatic heterocycles. The van der Waals surface area contributed by atoms with Crippen LogP contribution in [-0.2, 0) is 20.4 Å². The van der Waals surface area contributed by atoms with Gasteiger partial charge in [0.2, 0.25) is 0 Å². The molecule has 10 heteroatoms. The fourth-order valence-corrected chi connectivity index (χ4v) is 5.97. The number of hydrogen-bond acceptors (Lipinski definition) is 8. The lowest BCUT2D eigenvalue weighted by atomic mass is 10.1. The molecule has 0 aromatic heterocycles. The summed E-state index contributed by atoms with van der Waals surface area (Å²) in [6.45, 7) is 10.7. The maximum Gasteiger partial charge on any atom is 0.527 e. The molecule has 0 saturated carbocycles. The number of unbranched alkanes of at least 4 members (excludes halogenated alkanes) is 9.